The topological polar surface area (TPSA) is 15.3 Å². The molecule has 2 rings (SSSR count). The van der Waals surface area contributed by atoms with Crippen LogP contribution in [0.15, 0.2) is 22.7 Å². The summed E-state index contributed by atoms with van der Waals surface area (Å²) in [6.45, 7) is 6.78. The maximum absolute atomic E-state index is 6.55. The quantitative estimate of drug-likeness (QED) is 0.809. The fourth-order valence-corrected chi connectivity index (χ4v) is 4.11. The largest absolute Gasteiger partial charge is 0.319 e. The van der Waals surface area contributed by atoms with Crippen LogP contribution in [0.5, 0.6) is 0 Å². The van der Waals surface area contributed by atoms with Crippen molar-refractivity contribution in [3.05, 3.63) is 33.3 Å². The van der Waals surface area contributed by atoms with Gasteiger partial charge in [-0.05, 0) is 76.5 Å². The Morgan fingerprint density at radius 2 is 2.14 bits per heavy atom. The van der Waals surface area contributed by atoms with Crippen molar-refractivity contribution < 1.29 is 0 Å². The van der Waals surface area contributed by atoms with Crippen LogP contribution in [0.3, 0.4) is 0 Å². The second kappa shape index (κ2) is 7.96. The van der Waals surface area contributed by atoms with E-state index in [1.807, 2.05) is 19.2 Å². The number of likely N-dealkylation sites (tertiary alicyclic amines) is 1. The third-order valence-corrected chi connectivity index (χ3v) is 5.29. The van der Waals surface area contributed by atoms with Crippen molar-refractivity contribution in [1.82, 2.24) is 10.2 Å². The molecule has 0 aliphatic carbocycles. The second-order valence-corrected chi connectivity index (χ2v) is 7.58. The summed E-state index contributed by atoms with van der Waals surface area (Å²) in [7, 11) is 2.05. The highest BCUT2D eigenvalue weighted by molar-refractivity contribution is 9.10. The van der Waals surface area contributed by atoms with Crippen molar-refractivity contribution in [2.24, 2.45) is 5.92 Å². The highest BCUT2D eigenvalue weighted by Crippen LogP contribution is 2.40. The molecule has 1 N–H and O–H groups in total. The zero-order chi connectivity index (χ0) is 15.4. The van der Waals surface area contributed by atoms with Crippen LogP contribution in [0.4, 0.5) is 0 Å². The summed E-state index contributed by atoms with van der Waals surface area (Å²) in [5, 5.41) is 4.26. The summed E-state index contributed by atoms with van der Waals surface area (Å²) in [4.78, 5) is 2.63. The van der Waals surface area contributed by atoms with E-state index >= 15 is 0 Å². The number of halogens is 2. The van der Waals surface area contributed by atoms with E-state index in [0.29, 0.717) is 18.0 Å². The molecule has 0 radical (unpaired) electrons. The van der Waals surface area contributed by atoms with Gasteiger partial charge in [0.05, 0.1) is 0 Å². The van der Waals surface area contributed by atoms with E-state index in [1.165, 1.54) is 24.8 Å². The first kappa shape index (κ1) is 17.3. The Hall–Kier alpha value is -0.0900. The summed E-state index contributed by atoms with van der Waals surface area (Å²) in [6.07, 6.45) is 3.84. The fourth-order valence-electron chi connectivity index (χ4n) is 3.50. The molecule has 2 nitrogen and oxygen atoms in total. The van der Waals surface area contributed by atoms with Crippen LogP contribution in [-0.2, 0) is 0 Å². The van der Waals surface area contributed by atoms with Gasteiger partial charge in [0.25, 0.3) is 0 Å². The van der Waals surface area contributed by atoms with Crippen molar-refractivity contribution in [3.8, 4) is 0 Å². The molecule has 1 aliphatic rings. The summed E-state index contributed by atoms with van der Waals surface area (Å²) in [5.74, 6) is 0.603. The van der Waals surface area contributed by atoms with E-state index in [2.05, 4.69) is 46.1 Å². The minimum atomic E-state index is 0.393. The first-order valence-corrected chi connectivity index (χ1v) is 9.07. The van der Waals surface area contributed by atoms with Gasteiger partial charge in [-0.3, -0.25) is 4.90 Å². The van der Waals surface area contributed by atoms with Gasteiger partial charge in [0, 0.05) is 21.6 Å². The van der Waals surface area contributed by atoms with Gasteiger partial charge in [0.1, 0.15) is 0 Å². The summed E-state index contributed by atoms with van der Waals surface area (Å²) in [5.41, 5.74) is 1.27. The Morgan fingerprint density at radius 3 is 2.81 bits per heavy atom. The third kappa shape index (κ3) is 4.22. The molecule has 0 saturated carbocycles. The van der Waals surface area contributed by atoms with Crippen molar-refractivity contribution in [2.75, 3.05) is 20.1 Å². The molecule has 1 fully saturated rings. The minimum Gasteiger partial charge on any atom is -0.319 e. The molecule has 1 saturated heterocycles. The molecule has 21 heavy (non-hydrogen) atoms. The van der Waals surface area contributed by atoms with E-state index in [0.717, 1.165) is 22.6 Å². The van der Waals surface area contributed by atoms with Gasteiger partial charge >= 0.3 is 0 Å². The first-order chi connectivity index (χ1) is 10.0. The van der Waals surface area contributed by atoms with Gasteiger partial charge in [-0.2, -0.15) is 0 Å². The van der Waals surface area contributed by atoms with Gasteiger partial charge in [-0.15, -0.1) is 0 Å². The van der Waals surface area contributed by atoms with Gasteiger partial charge in [0.2, 0.25) is 0 Å². The predicted octanol–water partition coefficient (Wildman–Crippen LogP) is 4.87. The molecule has 1 aromatic rings. The zero-order valence-corrected chi connectivity index (χ0v) is 15.5. The van der Waals surface area contributed by atoms with E-state index < -0.39 is 0 Å². The lowest BCUT2D eigenvalue weighted by atomic mass is 9.88. The van der Waals surface area contributed by atoms with E-state index in [-0.39, 0.29) is 0 Å². The Kier molecular flexibility index (Phi) is 6.54. The maximum Gasteiger partial charge on any atom is 0.0454 e. The van der Waals surface area contributed by atoms with Crippen LogP contribution in [0.25, 0.3) is 0 Å². The first-order valence-electron chi connectivity index (χ1n) is 7.90. The highest BCUT2D eigenvalue weighted by Gasteiger charge is 2.33. The van der Waals surface area contributed by atoms with Crippen LogP contribution < -0.4 is 5.32 Å². The van der Waals surface area contributed by atoms with Crippen LogP contribution in [0.2, 0.25) is 5.02 Å². The maximum atomic E-state index is 6.55. The standard InChI is InChI=1S/C17H26BrClN2/c1-12(2)21-9-5-4-6-13(11-20-3)17(21)15-10-14(18)7-8-16(15)19/h7-8,10,12-13,17,20H,4-6,9,11H2,1-3H3. The highest BCUT2D eigenvalue weighted by atomic mass is 79.9. The fraction of sp³-hybridized carbons (Fsp3) is 0.647. The number of nitrogens with zero attached hydrogens (tertiary/aromatic N) is 1. The van der Waals surface area contributed by atoms with E-state index in [4.69, 9.17) is 11.6 Å². The van der Waals surface area contributed by atoms with Crippen LogP contribution in [0, 0.1) is 5.92 Å². The Balaban J connectivity index is 2.44. The van der Waals surface area contributed by atoms with E-state index in [1.54, 1.807) is 0 Å². The van der Waals surface area contributed by atoms with Crippen molar-refractivity contribution >= 4 is 27.5 Å². The lowest BCUT2D eigenvalue weighted by Gasteiger charge is -2.38. The molecular weight excluding hydrogens is 348 g/mol. The average Bonchev–Trinajstić information content (AvgIpc) is 2.64. The number of rotatable bonds is 4. The Morgan fingerprint density at radius 1 is 1.38 bits per heavy atom. The lowest BCUT2D eigenvalue weighted by Crippen LogP contribution is -2.40. The Labute approximate surface area is 142 Å². The smallest absolute Gasteiger partial charge is 0.0454 e. The number of hydrogen-bond acceptors (Lipinski definition) is 2. The summed E-state index contributed by atoms with van der Waals surface area (Å²) < 4.78 is 1.11. The van der Waals surface area contributed by atoms with Gasteiger partial charge < -0.3 is 5.32 Å². The average molecular weight is 374 g/mol. The molecule has 2 atom stereocenters. The van der Waals surface area contributed by atoms with E-state index in [9.17, 15) is 0 Å². The number of benzene rings is 1. The van der Waals surface area contributed by atoms with Crippen molar-refractivity contribution in [2.45, 2.75) is 45.2 Å². The normalized spacial score (nSPS) is 24.3. The molecule has 1 aromatic carbocycles. The van der Waals surface area contributed by atoms with Gasteiger partial charge in [-0.25, -0.2) is 0 Å². The van der Waals surface area contributed by atoms with Crippen molar-refractivity contribution in [1.29, 1.82) is 0 Å². The number of hydrogen-bond donors (Lipinski definition) is 1. The van der Waals surface area contributed by atoms with Crippen LogP contribution >= 0.6 is 27.5 Å². The number of nitrogens with one attached hydrogen (secondary N) is 1. The van der Waals surface area contributed by atoms with Gasteiger partial charge in [-0.1, -0.05) is 34.0 Å². The summed E-state index contributed by atoms with van der Waals surface area (Å²) in [6, 6.07) is 7.17. The van der Waals surface area contributed by atoms with Crippen LogP contribution in [-0.4, -0.2) is 31.1 Å². The SMILES string of the molecule is CNCC1CCCCN(C(C)C)C1c1cc(Br)ccc1Cl. The second-order valence-electron chi connectivity index (χ2n) is 6.26. The molecule has 1 aliphatic heterocycles. The molecule has 4 heteroatoms. The monoisotopic (exact) mass is 372 g/mol. The van der Waals surface area contributed by atoms with Crippen molar-refractivity contribution in [3.63, 3.8) is 0 Å². The summed E-state index contributed by atoms with van der Waals surface area (Å²) >= 11 is 10.2. The molecule has 0 spiro atoms. The minimum absolute atomic E-state index is 0.393. The van der Waals surface area contributed by atoms with Gasteiger partial charge in [0.15, 0.2) is 0 Å². The molecule has 118 valence electrons. The third-order valence-electron chi connectivity index (χ3n) is 4.45. The molecule has 0 aromatic heterocycles. The molecule has 0 amide bonds. The molecular formula is C17H26BrClN2. The van der Waals surface area contributed by atoms with Crippen LogP contribution in [0.1, 0.15) is 44.7 Å². The zero-order valence-electron chi connectivity index (χ0n) is 13.2. The predicted molar refractivity (Wildman–Crippen MR) is 95.0 cm³/mol. The Bertz CT molecular complexity index is 464. The molecule has 1 heterocycles. The molecule has 2 unspecified atom stereocenters. The molecule has 0 bridgehead atoms. The lowest BCUT2D eigenvalue weighted by molar-refractivity contribution is 0.118.